The van der Waals surface area contributed by atoms with Gasteiger partial charge < -0.3 is 9.64 Å². The zero-order valence-corrected chi connectivity index (χ0v) is 13.5. The van der Waals surface area contributed by atoms with E-state index in [1.807, 2.05) is 0 Å². The Hall–Kier alpha value is -2.38. The Morgan fingerprint density at radius 1 is 1.16 bits per heavy atom. The zero-order chi connectivity index (χ0) is 18.2. The van der Waals surface area contributed by atoms with Crippen LogP contribution in [0.25, 0.3) is 10.9 Å². The topological polar surface area (TPSA) is 42.4 Å². The molecule has 4 nitrogen and oxygen atoms in total. The van der Waals surface area contributed by atoms with Crippen LogP contribution in [-0.4, -0.2) is 37.1 Å². The smallest absolute Gasteiger partial charge is 0.341 e. The molecule has 0 saturated carbocycles. The first-order valence-corrected chi connectivity index (χ1v) is 7.81. The molecule has 1 aliphatic heterocycles. The van der Waals surface area contributed by atoms with E-state index in [0.29, 0.717) is 0 Å². The summed E-state index contributed by atoms with van der Waals surface area (Å²) in [6.45, 7) is 0.279. The molecule has 1 aliphatic rings. The van der Waals surface area contributed by atoms with Crippen molar-refractivity contribution in [1.29, 1.82) is 0 Å². The molecule has 1 aromatic carbocycles. The third-order valence-corrected chi connectivity index (χ3v) is 4.26. The van der Waals surface area contributed by atoms with E-state index in [1.165, 1.54) is 13.2 Å². The van der Waals surface area contributed by atoms with E-state index in [9.17, 15) is 22.4 Å². The van der Waals surface area contributed by atoms with Crippen molar-refractivity contribution in [2.45, 2.75) is 25.2 Å². The number of anilines is 1. The fraction of sp³-hybridized carbons (Fsp3) is 0.412. The van der Waals surface area contributed by atoms with Gasteiger partial charge >= 0.3 is 5.97 Å². The van der Waals surface area contributed by atoms with Crippen LogP contribution in [-0.2, 0) is 4.74 Å². The Balaban J connectivity index is 2.11. The number of alkyl halides is 2. The molecule has 1 fully saturated rings. The number of carbonyl (C=O) groups excluding carboxylic acids is 1. The van der Waals surface area contributed by atoms with E-state index in [1.54, 1.807) is 4.90 Å². The number of nitrogens with zero attached hydrogens (tertiary/aromatic N) is 2. The lowest BCUT2D eigenvalue weighted by molar-refractivity contribution is -0.0102. The number of ether oxygens (including phenoxy) is 1. The van der Waals surface area contributed by atoms with Gasteiger partial charge in [0.2, 0.25) is 5.92 Å². The van der Waals surface area contributed by atoms with Crippen LogP contribution < -0.4 is 4.90 Å². The maximum atomic E-state index is 13.6. The van der Waals surface area contributed by atoms with Gasteiger partial charge in [0.1, 0.15) is 11.4 Å². The van der Waals surface area contributed by atoms with E-state index >= 15 is 0 Å². The minimum Gasteiger partial charge on any atom is -0.465 e. The Bertz CT molecular complexity index is 826. The molecule has 1 aromatic heterocycles. The molecule has 0 spiro atoms. The highest BCUT2D eigenvalue weighted by Crippen LogP contribution is 2.32. The molecule has 0 N–H and O–H groups in total. The highest BCUT2D eigenvalue weighted by molar-refractivity contribution is 5.99. The lowest BCUT2D eigenvalue weighted by Crippen LogP contribution is -2.28. The molecule has 1 saturated heterocycles. The van der Waals surface area contributed by atoms with Gasteiger partial charge in [-0.1, -0.05) is 0 Å². The summed E-state index contributed by atoms with van der Waals surface area (Å²) in [5.74, 6) is -5.48. The van der Waals surface area contributed by atoms with Crippen LogP contribution in [0.15, 0.2) is 18.2 Å². The van der Waals surface area contributed by atoms with Gasteiger partial charge in [0.25, 0.3) is 0 Å². The lowest BCUT2D eigenvalue weighted by atomic mass is 10.1. The summed E-state index contributed by atoms with van der Waals surface area (Å²) < 4.78 is 58.9. The van der Waals surface area contributed by atoms with Crippen LogP contribution in [0.3, 0.4) is 0 Å². The van der Waals surface area contributed by atoms with Crippen LogP contribution in [0.1, 0.15) is 29.6 Å². The van der Waals surface area contributed by atoms with Crippen molar-refractivity contribution in [3.8, 4) is 0 Å². The average molecular weight is 356 g/mol. The van der Waals surface area contributed by atoms with Crippen molar-refractivity contribution in [2.24, 2.45) is 0 Å². The van der Waals surface area contributed by atoms with E-state index in [0.717, 1.165) is 12.1 Å². The van der Waals surface area contributed by atoms with E-state index < -0.39 is 23.5 Å². The summed E-state index contributed by atoms with van der Waals surface area (Å²) in [6.07, 6.45) is -0.388. The van der Waals surface area contributed by atoms with Crippen molar-refractivity contribution >= 4 is 22.7 Å². The number of methoxy groups -OCH3 is 1. The molecule has 0 radical (unpaired) electrons. The summed E-state index contributed by atoms with van der Waals surface area (Å²) in [5.41, 5.74) is 0.170. The second-order valence-corrected chi connectivity index (χ2v) is 6.01. The van der Waals surface area contributed by atoms with Crippen molar-refractivity contribution < 1.29 is 27.1 Å². The summed E-state index contributed by atoms with van der Waals surface area (Å²) in [5, 5.41) is 0.225. The number of aromatic nitrogens is 1. The monoisotopic (exact) mass is 356 g/mol. The standard InChI is InChI=1S/C17H16F4N2O2/c1-25-16(24)11-7-10-8-12(18)13(19)9-14(10)22-15(11)23-5-2-3-17(20,21)4-6-23/h7-9H,2-6H2,1H3. The van der Waals surface area contributed by atoms with Gasteiger partial charge in [0, 0.05) is 37.4 Å². The maximum Gasteiger partial charge on any atom is 0.341 e. The predicted molar refractivity (Wildman–Crippen MR) is 84.0 cm³/mol. The van der Waals surface area contributed by atoms with Gasteiger partial charge in [-0.05, 0) is 18.6 Å². The van der Waals surface area contributed by atoms with E-state index in [2.05, 4.69) is 4.98 Å². The second kappa shape index (κ2) is 6.50. The molecular weight excluding hydrogens is 340 g/mol. The molecule has 134 valence electrons. The Morgan fingerprint density at radius 2 is 1.88 bits per heavy atom. The largest absolute Gasteiger partial charge is 0.465 e. The molecule has 0 atom stereocenters. The first-order valence-electron chi connectivity index (χ1n) is 7.81. The molecule has 0 unspecified atom stereocenters. The predicted octanol–water partition coefficient (Wildman–Crippen LogP) is 3.93. The SMILES string of the molecule is COC(=O)c1cc2cc(F)c(F)cc2nc1N1CCCC(F)(F)CC1. The normalized spacial score (nSPS) is 17.4. The lowest BCUT2D eigenvalue weighted by Gasteiger charge is -2.24. The number of hydrogen-bond donors (Lipinski definition) is 0. The Morgan fingerprint density at radius 3 is 2.60 bits per heavy atom. The van der Waals surface area contributed by atoms with Gasteiger partial charge in [-0.3, -0.25) is 0 Å². The van der Waals surface area contributed by atoms with Gasteiger partial charge in [0.15, 0.2) is 11.6 Å². The van der Waals surface area contributed by atoms with Gasteiger partial charge in [0.05, 0.1) is 12.6 Å². The maximum absolute atomic E-state index is 13.6. The van der Waals surface area contributed by atoms with E-state index in [-0.39, 0.29) is 54.6 Å². The third-order valence-electron chi connectivity index (χ3n) is 4.26. The Labute approximate surface area is 141 Å². The number of pyridine rings is 1. The van der Waals surface area contributed by atoms with Gasteiger partial charge in [-0.2, -0.15) is 0 Å². The van der Waals surface area contributed by atoms with E-state index in [4.69, 9.17) is 4.74 Å². The second-order valence-electron chi connectivity index (χ2n) is 6.01. The van der Waals surface area contributed by atoms with Crippen LogP contribution >= 0.6 is 0 Å². The van der Waals surface area contributed by atoms with Crippen LogP contribution in [0.5, 0.6) is 0 Å². The van der Waals surface area contributed by atoms with Crippen molar-refractivity contribution in [1.82, 2.24) is 4.98 Å². The highest BCUT2D eigenvalue weighted by Gasteiger charge is 2.33. The third kappa shape index (κ3) is 3.52. The number of rotatable bonds is 2. The highest BCUT2D eigenvalue weighted by atomic mass is 19.3. The average Bonchev–Trinajstić information content (AvgIpc) is 2.75. The minimum atomic E-state index is -2.77. The molecule has 2 aromatic rings. The molecule has 0 bridgehead atoms. The first kappa shape index (κ1) is 17.4. The van der Waals surface area contributed by atoms with Crippen molar-refractivity contribution in [3.05, 3.63) is 35.4 Å². The van der Waals surface area contributed by atoms with Gasteiger partial charge in [-0.25, -0.2) is 27.3 Å². The number of esters is 1. The zero-order valence-electron chi connectivity index (χ0n) is 13.5. The summed E-state index contributed by atoms with van der Waals surface area (Å²) in [4.78, 5) is 17.9. The van der Waals surface area contributed by atoms with Crippen molar-refractivity contribution in [3.63, 3.8) is 0 Å². The molecule has 0 amide bonds. The minimum absolute atomic E-state index is 0.000816. The summed E-state index contributed by atoms with van der Waals surface area (Å²) >= 11 is 0. The van der Waals surface area contributed by atoms with Gasteiger partial charge in [-0.15, -0.1) is 0 Å². The number of fused-ring (bicyclic) bond motifs is 1. The van der Waals surface area contributed by atoms with Crippen LogP contribution in [0, 0.1) is 11.6 Å². The molecule has 2 heterocycles. The number of benzene rings is 1. The first-order chi connectivity index (χ1) is 11.8. The summed E-state index contributed by atoms with van der Waals surface area (Å²) in [7, 11) is 1.18. The molecule has 3 rings (SSSR count). The molecular formula is C17H16F4N2O2. The van der Waals surface area contributed by atoms with Crippen LogP contribution in [0.4, 0.5) is 23.4 Å². The fourth-order valence-corrected chi connectivity index (χ4v) is 2.94. The number of hydrogen-bond acceptors (Lipinski definition) is 4. The fourth-order valence-electron chi connectivity index (χ4n) is 2.94. The molecule has 25 heavy (non-hydrogen) atoms. The van der Waals surface area contributed by atoms with Crippen molar-refractivity contribution in [2.75, 3.05) is 25.1 Å². The Kier molecular flexibility index (Phi) is 4.53. The molecule has 8 heteroatoms. The summed E-state index contributed by atoms with van der Waals surface area (Å²) in [6, 6.07) is 3.20. The quantitative estimate of drug-likeness (QED) is 0.604. The van der Waals surface area contributed by atoms with Crippen LogP contribution in [0.2, 0.25) is 0 Å². The number of halogens is 4. The number of carbonyl (C=O) groups is 1. The molecule has 0 aliphatic carbocycles.